The molecule has 0 amide bonds. The number of aryl methyl sites for hydroxylation is 2. The fourth-order valence-electron chi connectivity index (χ4n) is 2.75. The van der Waals surface area contributed by atoms with Crippen molar-refractivity contribution in [2.75, 3.05) is 5.32 Å². The van der Waals surface area contributed by atoms with Gasteiger partial charge in [-0.3, -0.25) is 0 Å². The maximum absolute atomic E-state index is 12.9. The number of anilines is 1. The lowest BCUT2D eigenvalue weighted by molar-refractivity contribution is 0.626. The summed E-state index contributed by atoms with van der Waals surface area (Å²) >= 11 is 0. The van der Waals surface area contributed by atoms with Crippen LogP contribution in [0.3, 0.4) is 0 Å². The van der Waals surface area contributed by atoms with Gasteiger partial charge in [-0.05, 0) is 67.1 Å². The van der Waals surface area contributed by atoms with E-state index in [9.17, 15) is 4.39 Å². The number of benzene rings is 2. The van der Waals surface area contributed by atoms with Gasteiger partial charge in [-0.1, -0.05) is 18.2 Å². The number of halogens is 1. The van der Waals surface area contributed by atoms with Crippen LogP contribution in [0.2, 0.25) is 0 Å². The molecule has 0 radical (unpaired) electrons. The molecule has 0 bridgehead atoms. The second-order valence-corrected chi connectivity index (χ2v) is 5.25. The first kappa shape index (κ1) is 12.2. The Morgan fingerprint density at radius 2 is 1.74 bits per heavy atom. The quantitative estimate of drug-likeness (QED) is 0.852. The summed E-state index contributed by atoms with van der Waals surface area (Å²) in [6.07, 6.45) is 3.67. The summed E-state index contributed by atoms with van der Waals surface area (Å²) in [4.78, 5) is 0. The SMILES string of the molecule is CC(Nc1ccc2c(c1)CCC2)c1ccc(F)cc1. The molecule has 2 aromatic carbocycles. The molecule has 2 aromatic rings. The van der Waals surface area contributed by atoms with Crippen molar-refractivity contribution in [1.29, 1.82) is 0 Å². The van der Waals surface area contributed by atoms with Crippen LogP contribution in [0.4, 0.5) is 10.1 Å². The average Bonchev–Trinajstić information content (AvgIpc) is 2.87. The van der Waals surface area contributed by atoms with E-state index in [0.29, 0.717) is 0 Å². The fourth-order valence-corrected chi connectivity index (χ4v) is 2.75. The number of hydrogen-bond donors (Lipinski definition) is 1. The molecule has 0 aromatic heterocycles. The zero-order valence-electron chi connectivity index (χ0n) is 11.1. The Labute approximate surface area is 113 Å². The van der Waals surface area contributed by atoms with Crippen LogP contribution < -0.4 is 5.32 Å². The van der Waals surface area contributed by atoms with Crippen LogP contribution in [-0.2, 0) is 12.8 Å². The summed E-state index contributed by atoms with van der Waals surface area (Å²) in [5, 5.41) is 3.48. The topological polar surface area (TPSA) is 12.0 Å². The summed E-state index contributed by atoms with van der Waals surface area (Å²) in [6, 6.07) is 13.5. The lowest BCUT2D eigenvalue weighted by Gasteiger charge is -2.16. The van der Waals surface area contributed by atoms with Gasteiger partial charge in [0.25, 0.3) is 0 Å². The second-order valence-electron chi connectivity index (χ2n) is 5.25. The zero-order valence-corrected chi connectivity index (χ0v) is 11.1. The number of fused-ring (bicyclic) bond motifs is 1. The second kappa shape index (κ2) is 5.04. The van der Waals surface area contributed by atoms with Crippen LogP contribution in [0, 0.1) is 5.82 Å². The van der Waals surface area contributed by atoms with Crippen molar-refractivity contribution in [1.82, 2.24) is 0 Å². The highest BCUT2D eigenvalue weighted by Gasteiger charge is 2.12. The third-order valence-electron chi connectivity index (χ3n) is 3.85. The third-order valence-corrected chi connectivity index (χ3v) is 3.85. The van der Waals surface area contributed by atoms with Crippen molar-refractivity contribution in [2.45, 2.75) is 32.2 Å². The largest absolute Gasteiger partial charge is 0.379 e. The van der Waals surface area contributed by atoms with Gasteiger partial charge >= 0.3 is 0 Å². The molecule has 1 atom stereocenters. The zero-order chi connectivity index (χ0) is 13.2. The molecule has 0 heterocycles. The predicted octanol–water partition coefficient (Wildman–Crippen LogP) is 4.49. The van der Waals surface area contributed by atoms with Crippen LogP contribution in [0.1, 0.15) is 36.1 Å². The van der Waals surface area contributed by atoms with Gasteiger partial charge in [0.1, 0.15) is 5.82 Å². The molecule has 1 N–H and O–H groups in total. The van der Waals surface area contributed by atoms with Crippen LogP contribution in [-0.4, -0.2) is 0 Å². The summed E-state index contributed by atoms with van der Waals surface area (Å²) in [5.74, 6) is -0.187. The minimum Gasteiger partial charge on any atom is -0.379 e. The van der Waals surface area contributed by atoms with Crippen molar-refractivity contribution >= 4 is 5.69 Å². The lowest BCUT2D eigenvalue weighted by atomic mass is 10.1. The van der Waals surface area contributed by atoms with Gasteiger partial charge in [-0.15, -0.1) is 0 Å². The van der Waals surface area contributed by atoms with E-state index in [1.165, 1.54) is 42.5 Å². The summed E-state index contributed by atoms with van der Waals surface area (Å²) in [7, 11) is 0. The first-order chi connectivity index (χ1) is 9.22. The van der Waals surface area contributed by atoms with E-state index in [0.717, 1.165) is 11.3 Å². The predicted molar refractivity (Wildman–Crippen MR) is 76.9 cm³/mol. The van der Waals surface area contributed by atoms with E-state index < -0.39 is 0 Å². The van der Waals surface area contributed by atoms with Gasteiger partial charge in [0.2, 0.25) is 0 Å². The molecule has 0 aliphatic heterocycles. The Hall–Kier alpha value is -1.83. The molecule has 0 saturated carbocycles. The molecular weight excluding hydrogens is 237 g/mol. The van der Waals surface area contributed by atoms with E-state index in [1.807, 2.05) is 12.1 Å². The molecule has 19 heavy (non-hydrogen) atoms. The minimum atomic E-state index is -0.187. The molecule has 1 aliphatic carbocycles. The van der Waals surface area contributed by atoms with E-state index in [1.54, 1.807) is 0 Å². The number of rotatable bonds is 3. The van der Waals surface area contributed by atoms with E-state index >= 15 is 0 Å². The maximum Gasteiger partial charge on any atom is 0.123 e. The molecule has 0 spiro atoms. The Morgan fingerprint density at radius 3 is 2.53 bits per heavy atom. The van der Waals surface area contributed by atoms with Crippen molar-refractivity contribution in [3.8, 4) is 0 Å². The first-order valence-electron chi connectivity index (χ1n) is 6.86. The molecule has 1 unspecified atom stereocenters. The van der Waals surface area contributed by atoms with Gasteiger partial charge in [-0.2, -0.15) is 0 Å². The van der Waals surface area contributed by atoms with Gasteiger partial charge in [-0.25, -0.2) is 4.39 Å². The molecule has 1 nitrogen and oxygen atoms in total. The molecule has 2 heteroatoms. The number of hydrogen-bond acceptors (Lipinski definition) is 1. The monoisotopic (exact) mass is 255 g/mol. The van der Waals surface area contributed by atoms with Gasteiger partial charge in [0.05, 0.1) is 0 Å². The van der Waals surface area contributed by atoms with Gasteiger partial charge in [0.15, 0.2) is 0 Å². The Morgan fingerprint density at radius 1 is 1.00 bits per heavy atom. The first-order valence-corrected chi connectivity index (χ1v) is 6.86. The van der Waals surface area contributed by atoms with Crippen LogP contribution in [0.25, 0.3) is 0 Å². The highest BCUT2D eigenvalue weighted by Crippen LogP contribution is 2.27. The molecule has 1 aliphatic rings. The van der Waals surface area contributed by atoms with Crippen molar-refractivity contribution < 1.29 is 4.39 Å². The lowest BCUT2D eigenvalue weighted by Crippen LogP contribution is -2.06. The molecule has 98 valence electrons. The van der Waals surface area contributed by atoms with Crippen LogP contribution >= 0.6 is 0 Å². The summed E-state index contributed by atoms with van der Waals surface area (Å²) < 4.78 is 12.9. The Balaban J connectivity index is 1.75. The van der Waals surface area contributed by atoms with Crippen molar-refractivity contribution in [2.24, 2.45) is 0 Å². The van der Waals surface area contributed by atoms with Gasteiger partial charge < -0.3 is 5.32 Å². The molecule has 3 rings (SSSR count). The van der Waals surface area contributed by atoms with Crippen molar-refractivity contribution in [3.63, 3.8) is 0 Å². The Bertz CT molecular complexity index is 574. The van der Waals surface area contributed by atoms with Crippen LogP contribution in [0.15, 0.2) is 42.5 Å². The maximum atomic E-state index is 12.9. The Kier molecular flexibility index (Phi) is 3.24. The minimum absolute atomic E-state index is 0.181. The molecular formula is C17H18FN. The van der Waals surface area contributed by atoms with Crippen molar-refractivity contribution in [3.05, 3.63) is 65.0 Å². The van der Waals surface area contributed by atoms with E-state index in [4.69, 9.17) is 0 Å². The third kappa shape index (κ3) is 2.62. The van der Waals surface area contributed by atoms with Gasteiger partial charge in [0, 0.05) is 11.7 Å². The highest BCUT2D eigenvalue weighted by molar-refractivity contribution is 5.51. The molecule has 0 fully saturated rings. The smallest absolute Gasteiger partial charge is 0.123 e. The van der Waals surface area contributed by atoms with Crippen LogP contribution in [0.5, 0.6) is 0 Å². The van der Waals surface area contributed by atoms with E-state index in [2.05, 4.69) is 30.4 Å². The summed E-state index contributed by atoms with van der Waals surface area (Å²) in [6.45, 7) is 2.10. The van der Waals surface area contributed by atoms with E-state index in [-0.39, 0.29) is 11.9 Å². The highest BCUT2D eigenvalue weighted by atomic mass is 19.1. The normalized spacial score (nSPS) is 15.1. The average molecular weight is 255 g/mol. The summed E-state index contributed by atoms with van der Waals surface area (Å²) in [5.41, 5.74) is 5.20. The standard InChI is InChI=1S/C17H18FN/c1-12(13-5-8-16(18)9-6-13)19-17-10-7-14-3-2-4-15(14)11-17/h5-12,19H,2-4H2,1H3. The number of nitrogens with one attached hydrogen (secondary N) is 1. The fraction of sp³-hybridized carbons (Fsp3) is 0.294. The molecule has 0 saturated heterocycles.